The molecule has 8 nitrogen and oxygen atoms in total. The molecule has 258 valence electrons. The number of nitrogens with two attached hydrogens (primary N) is 2. The van der Waals surface area contributed by atoms with Crippen molar-refractivity contribution in [1.29, 1.82) is 0 Å². The number of hydrogen-bond donors (Lipinski definition) is 2. The maximum atomic E-state index is 14.1. The van der Waals surface area contributed by atoms with Crippen molar-refractivity contribution in [3.05, 3.63) is 58.2 Å². The molecule has 2 aromatic carbocycles. The van der Waals surface area contributed by atoms with E-state index in [9.17, 15) is 18.4 Å². The second-order valence-corrected chi connectivity index (χ2v) is 13.6. The molecule has 2 aromatic rings. The number of carbonyl (C=O) groups is 2. The van der Waals surface area contributed by atoms with Gasteiger partial charge in [-0.25, -0.2) is 8.78 Å². The maximum absolute atomic E-state index is 14.1. The molecule has 4 N–H and O–H groups in total. The van der Waals surface area contributed by atoms with E-state index in [0.29, 0.717) is 60.4 Å². The number of hydrogen-bond acceptors (Lipinski definition) is 6. The van der Waals surface area contributed by atoms with Crippen LogP contribution < -0.4 is 20.9 Å². The smallest absolute Gasteiger partial charge is 0.249 e. The Bertz CT molecular complexity index is 1390. The predicted molar refractivity (Wildman–Crippen MR) is 179 cm³/mol. The Morgan fingerprint density at radius 2 is 1.04 bits per heavy atom. The second-order valence-electron chi connectivity index (χ2n) is 13.6. The number of nitrogens with zero attached hydrogens (tertiary/aromatic N) is 2. The minimum atomic E-state index is -0.520. The van der Waals surface area contributed by atoms with Crippen LogP contribution in [0.2, 0.25) is 0 Å². The van der Waals surface area contributed by atoms with Crippen LogP contribution in [0.25, 0.3) is 0 Å². The molecule has 2 atom stereocenters. The van der Waals surface area contributed by atoms with Crippen molar-refractivity contribution in [1.82, 2.24) is 9.80 Å². The first-order valence-corrected chi connectivity index (χ1v) is 17.7. The summed E-state index contributed by atoms with van der Waals surface area (Å²) in [6, 6.07) is 7.00. The van der Waals surface area contributed by atoms with E-state index in [1.165, 1.54) is 82.1 Å². The molecule has 0 spiro atoms. The monoisotopic (exact) mass is 654 g/mol. The van der Waals surface area contributed by atoms with Crippen molar-refractivity contribution in [2.75, 3.05) is 26.3 Å². The van der Waals surface area contributed by atoms with E-state index >= 15 is 0 Å². The van der Waals surface area contributed by atoms with Gasteiger partial charge in [-0.2, -0.15) is 0 Å². The maximum Gasteiger partial charge on any atom is 0.249 e. The molecule has 2 fully saturated rings. The Kier molecular flexibility index (Phi) is 12.1. The molecular formula is C37H52F2N4O4. The predicted octanol–water partition coefficient (Wildman–Crippen LogP) is 6.16. The van der Waals surface area contributed by atoms with Crippen LogP contribution >= 0.6 is 0 Å². The molecule has 4 aliphatic rings. The first-order chi connectivity index (χ1) is 22.7. The molecule has 2 heterocycles. The molecule has 2 aliphatic heterocycles. The van der Waals surface area contributed by atoms with Gasteiger partial charge in [0, 0.05) is 46.4 Å². The number of carbonyl (C=O) groups excluding carboxylic acids is 2. The highest BCUT2D eigenvalue weighted by Gasteiger charge is 2.35. The van der Waals surface area contributed by atoms with Crippen LogP contribution in [0.1, 0.15) is 116 Å². The summed E-state index contributed by atoms with van der Waals surface area (Å²) in [6.07, 6.45) is 14.7. The number of rotatable bonds is 10. The van der Waals surface area contributed by atoms with Crippen LogP contribution in [-0.2, 0) is 12.8 Å². The zero-order valence-electron chi connectivity index (χ0n) is 28.1. The van der Waals surface area contributed by atoms with Gasteiger partial charge in [0.1, 0.15) is 13.2 Å². The van der Waals surface area contributed by atoms with Gasteiger partial charge in [-0.15, -0.1) is 0 Å². The fraction of sp³-hybridized carbons (Fsp3) is 0.622. The van der Waals surface area contributed by atoms with E-state index < -0.39 is 23.4 Å². The van der Waals surface area contributed by atoms with Crippen molar-refractivity contribution in [3.8, 4) is 11.5 Å². The quantitative estimate of drug-likeness (QED) is 0.318. The molecule has 0 aromatic heterocycles. The van der Waals surface area contributed by atoms with Gasteiger partial charge in [0.25, 0.3) is 0 Å². The third kappa shape index (κ3) is 8.08. The first-order valence-electron chi connectivity index (χ1n) is 17.7. The summed E-state index contributed by atoms with van der Waals surface area (Å²) in [5.41, 5.74) is 13.0. The van der Waals surface area contributed by atoms with E-state index in [-0.39, 0.29) is 23.6 Å². The van der Waals surface area contributed by atoms with Gasteiger partial charge in [0.2, 0.25) is 11.8 Å². The average Bonchev–Trinajstić information content (AvgIpc) is 3.61. The van der Waals surface area contributed by atoms with E-state index in [0.717, 1.165) is 25.9 Å². The standard InChI is InChI=1S/C19H27FN2O2.C18H25FN2O2/c1-2-10-22(13-6-4-3-5-7-13)14-11-16-15(19(21)23)8-9-17(20)18(16)24-12-14;1-2-9-21(12-5-3-4-6-12)13-10-15-14(18(20)22)7-8-16(19)17(15)23-11-13/h8-9,13-14H,2-7,10-12H2,1H3,(H2,21,23);7-8,12-13H,2-6,9-11H2,1H3,(H2,20,22)/t14-;13-/m11/s1. The molecular weight excluding hydrogens is 602 g/mol. The number of ether oxygens (including phenoxy) is 2. The number of amides is 2. The Morgan fingerprint density at radius 3 is 1.40 bits per heavy atom. The van der Waals surface area contributed by atoms with E-state index in [1.807, 2.05) is 0 Å². The topological polar surface area (TPSA) is 111 Å². The first kappa shape index (κ1) is 35.1. The summed E-state index contributed by atoms with van der Waals surface area (Å²) in [5.74, 6) is -1.44. The molecule has 2 amide bonds. The highest BCUT2D eigenvalue weighted by Crippen LogP contribution is 2.36. The molecule has 2 aliphatic carbocycles. The normalized spacial score (nSPS) is 21.3. The van der Waals surface area contributed by atoms with Crippen LogP contribution in [0.5, 0.6) is 11.5 Å². The molecule has 6 rings (SSSR count). The van der Waals surface area contributed by atoms with E-state index in [2.05, 4.69) is 23.6 Å². The van der Waals surface area contributed by atoms with Gasteiger partial charge < -0.3 is 20.9 Å². The lowest BCUT2D eigenvalue weighted by Gasteiger charge is -2.42. The number of halogens is 2. The van der Waals surface area contributed by atoms with Crippen molar-refractivity contribution in [2.24, 2.45) is 11.5 Å². The molecule has 0 unspecified atom stereocenters. The number of benzene rings is 2. The molecule has 0 saturated heterocycles. The summed E-state index contributed by atoms with van der Waals surface area (Å²) in [5, 5.41) is 0. The van der Waals surface area contributed by atoms with Gasteiger partial charge in [0.15, 0.2) is 23.1 Å². The van der Waals surface area contributed by atoms with Crippen LogP contribution in [0.4, 0.5) is 8.78 Å². The Labute approximate surface area is 278 Å². The molecule has 10 heteroatoms. The molecule has 47 heavy (non-hydrogen) atoms. The van der Waals surface area contributed by atoms with Gasteiger partial charge in [0.05, 0.1) is 0 Å². The average molecular weight is 655 g/mol. The fourth-order valence-corrected chi connectivity index (χ4v) is 8.24. The van der Waals surface area contributed by atoms with Gasteiger partial charge in [-0.3, -0.25) is 19.4 Å². The summed E-state index contributed by atoms with van der Waals surface area (Å²) in [7, 11) is 0. The van der Waals surface area contributed by atoms with E-state index in [1.54, 1.807) is 0 Å². The largest absolute Gasteiger partial charge is 0.489 e. The van der Waals surface area contributed by atoms with Crippen molar-refractivity contribution >= 4 is 11.8 Å². The van der Waals surface area contributed by atoms with Crippen molar-refractivity contribution < 1.29 is 27.8 Å². The Morgan fingerprint density at radius 1 is 0.660 bits per heavy atom. The molecule has 2 saturated carbocycles. The van der Waals surface area contributed by atoms with Crippen LogP contribution in [0.15, 0.2) is 24.3 Å². The molecule has 0 radical (unpaired) electrons. The summed E-state index contributed by atoms with van der Waals surface area (Å²) >= 11 is 0. The minimum Gasteiger partial charge on any atom is -0.489 e. The Hall–Kier alpha value is -3.24. The van der Waals surface area contributed by atoms with Gasteiger partial charge >= 0.3 is 0 Å². The number of fused-ring (bicyclic) bond motifs is 2. The number of primary amides is 2. The SMILES string of the molecule is CCCN(C1CCCC1)[C@H]1COc2c(F)ccc(C(N)=O)c2C1.CCCN(C1CCCCC1)[C@H]1COc2c(F)ccc(C(N)=O)c2C1. The van der Waals surface area contributed by atoms with Crippen LogP contribution in [-0.4, -0.2) is 72.1 Å². The zero-order valence-corrected chi connectivity index (χ0v) is 28.1. The van der Waals surface area contributed by atoms with Gasteiger partial charge in [-0.1, -0.05) is 46.0 Å². The zero-order chi connectivity index (χ0) is 33.5. The fourth-order valence-electron chi connectivity index (χ4n) is 8.24. The molecule has 0 bridgehead atoms. The highest BCUT2D eigenvalue weighted by molar-refractivity contribution is 5.95. The summed E-state index contributed by atoms with van der Waals surface area (Å²) in [6.45, 7) is 7.33. The lowest BCUT2D eigenvalue weighted by molar-refractivity contribution is 0.0602. The van der Waals surface area contributed by atoms with Crippen LogP contribution in [0.3, 0.4) is 0 Å². The summed E-state index contributed by atoms with van der Waals surface area (Å²) in [4.78, 5) is 28.4. The minimum absolute atomic E-state index is 0.181. The van der Waals surface area contributed by atoms with Crippen molar-refractivity contribution in [3.63, 3.8) is 0 Å². The summed E-state index contributed by atoms with van der Waals surface area (Å²) < 4.78 is 39.5. The van der Waals surface area contributed by atoms with Crippen LogP contribution in [0, 0.1) is 11.6 Å². The third-order valence-electron chi connectivity index (χ3n) is 10.4. The lowest BCUT2D eigenvalue weighted by atomic mass is 9.90. The van der Waals surface area contributed by atoms with Crippen molar-refractivity contribution in [2.45, 2.75) is 121 Å². The second kappa shape index (κ2) is 16.2. The van der Waals surface area contributed by atoms with Gasteiger partial charge in [-0.05, 0) is 88.7 Å². The lowest BCUT2D eigenvalue weighted by Crippen LogP contribution is -2.50. The highest BCUT2D eigenvalue weighted by atomic mass is 19.1. The van der Waals surface area contributed by atoms with E-state index in [4.69, 9.17) is 20.9 Å². The third-order valence-corrected chi connectivity index (χ3v) is 10.4. The Balaban J connectivity index is 0.000000185.